The van der Waals surface area contributed by atoms with E-state index in [9.17, 15) is 10.1 Å². The molecule has 0 aliphatic rings. The Morgan fingerprint density at radius 2 is 1.88 bits per heavy atom. The van der Waals surface area contributed by atoms with Gasteiger partial charge in [0.05, 0.1) is 18.7 Å². The summed E-state index contributed by atoms with van der Waals surface area (Å²) in [5, 5.41) is 12.4. The molecule has 7 nitrogen and oxygen atoms in total. The Morgan fingerprint density at radius 3 is 2.59 bits per heavy atom. The summed E-state index contributed by atoms with van der Waals surface area (Å²) in [6.07, 6.45) is 3.54. The first-order chi connectivity index (χ1) is 16.6. The summed E-state index contributed by atoms with van der Waals surface area (Å²) in [7, 11) is 3.50. The van der Waals surface area contributed by atoms with Gasteiger partial charge in [-0.15, -0.1) is 0 Å². The highest BCUT2D eigenvalue weighted by Gasteiger charge is 2.22. The maximum absolute atomic E-state index is 13.2. The number of nitriles is 1. The molecular formula is C27H24N4O3. The standard InChI is InChI=1S/C27H24N4O3/c1-31-15-14-29-26(31)25(19-10-12-23(33-2)13-11-19)30-27(32)20-8-5-9-24(16-20)34-18-22-7-4-3-6-21(22)17-28/h3-16,25H,18H2,1-2H3,(H,30,32). The molecule has 0 aliphatic carbocycles. The second kappa shape index (κ2) is 10.4. The summed E-state index contributed by atoms with van der Waals surface area (Å²) >= 11 is 0. The molecule has 1 N–H and O–H groups in total. The predicted molar refractivity (Wildman–Crippen MR) is 127 cm³/mol. The molecule has 4 aromatic rings. The molecule has 1 unspecified atom stereocenters. The molecule has 1 amide bonds. The van der Waals surface area contributed by atoms with Gasteiger partial charge >= 0.3 is 0 Å². The van der Waals surface area contributed by atoms with Gasteiger partial charge in [-0.3, -0.25) is 4.79 Å². The van der Waals surface area contributed by atoms with Crippen molar-refractivity contribution < 1.29 is 14.3 Å². The third kappa shape index (κ3) is 5.08. The van der Waals surface area contributed by atoms with Crippen molar-refractivity contribution >= 4 is 5.91 Å². The quantitative estimate of drug-likeness (QED) is 0.428. The lowest BCUT2D eigenvalue weighted by Gasteiger charge is -2.20. The van der Waals surface area contributed by atoms with Crippen LogP contribution in [-0.2, 0) is 13.7 Å². The number of imidazole rings is 1. The van der Waals surface area contributed by atoms with E-state index in [0.29, 0.717) is 22.7 Å². The van der Waals surface area contributed by atoms with Crippen LogP contribution in [0.2, 0.25) is 0 Å². The van der Waals surface area contributed by atoms with E-state index in [1.807, 2.05) is 60.3 Å². The summed E-state index contributed by atoms with van der Waals surface area (Å²) in [4.78, 5) is 17.7. The van der Waals surface area contributed by atoms with E-state index in [1.54, 1.807) is 43.6 Å². The fourth-order valence-electron chi connectivity index (χ4n) is 3.61. The smallest absolute Gasteiger partial charge is 0.252 e. The van der Waals surface area contributed by atoms with Gasteiger partial charge in [-0.2, -0.15) is 5.26 Å². The number of carbonyl (C=O) groups excluding carboxylic acids is 1. The van der Waals surface area contributed by atoms with Gasteiger partial charge in [-0.1, -0.05) is 36.4 Å². The van der Waals surface area contributed by atoms with Crippen molar-refractivity contribution in [1.29, 1.82) is 5.26 Å². The van der Waals surface area contributed by atoms with Crippen LogP contribution < -0.4 is 14.8 Å². The van der Waals surface area contributed by atoms with Crippen molar-refractivity contribution in [3.63, 3.8) is 0 Å². The monoisotopic (exact) mass is 452 g/mol. The summed E-state index contributed by atoms with van der Waals surface area (Å²) < 4.78 is 13.0. The fraction of sp³-hybridized carbons (Fsp3) is 0.148. The molecule has 0 saturated heterocycles. The molecule has 0 spiro atoms. The maximum atomic E-state index is 13.2. The van der Waals surface area contributed by atoms with Gasteiger partial charge < -0.3 is 19.4 Å². The third-order valence-electron chi connectivity index (χ3n) is 5.47. The van der Waals surface area contributed by atoms with Gasteiger partial charge in [0.2, 0.25) is 0 Å². The molecule has 7 heteroatoms. The van der Waals surface area contributed by atoms with E-state index in [-0.39, 0.29) is 12.5 Å². The number of aromatic nitrogens is 2. The highest BCUT2D eigenvalue weighted by molar-refractivity contribution is 5.95. The van der Waals surface area contributed by atoms with Crippen LogP contribution in [0.1, 0.15) is 38.9 Å². The van der Waals surface area contributed by atoms with Gasteiger partial charge in [-0.05, 0) is 42.0 Å². The van der Waals surface area contributed by atoms with Gasteiger partial charge in [0, 0.05) is 30.6 Å². The highest BCUT2D eigenvalue weighted by Crippen LogP contribution is 2.24. The Hall–Kier alpha value is -4.57. The SMILES string of the molecule is COc1ccc(C(NC(=O)c2cccc(OCc3ccccc3C#N)c2)c2nccn2C)cc1. The molecule has 0 fully saturated rings. The lowest BCUT2D eigenvalue weighted by Crippen LogP contribution is -2.31. The molecule has 0 bridgehead atoms. The van der Waals surface area contributed by atoms with Crippen molar-refractivity contribution in [3.05, 3.63) is 113 Å². The van der Waals surface area contributed by atoms with Crippen molar-refractivity contribution in [1.82, 2.24) is 14.9 Å². The number of nitrogens with zero attached hydrogens (tertiary/aromatic N) is 3. The van der Waals surface area contributed by atoms with Gasteiger partial charge in [0.1, 0.15) is 30.0 Å². The molecule has 0 aliphatic heterocycles. The summed E-state index contributed by atoms with van der Waals surface area (Å²) in [6.45, 7) is 0.233. The van der Waals surface area contributed by atoms with Crippen LogP contribution in [0.5, 0.6) is 11.5 Å². The average molecular weight is 453 g/mol. The van der Waals surface area contributed by atoms with Crippen LogP contribution >= 0.6 is 0 Å². The number of amides is 1. The predicted octanol–water partition coefficient (Wildman–Crippen LogP) is 4.40. The van der Waals surface area contributed by atoms with E-state index in [1.165, 1.54) is 0 Å². The van der Waals surface area contributed by atoms with Crippen LogP contribution in [0, 0.1) is 11.3 Å². The average Bonchev–Trinajstić information content (AvgIpc) is 3.31. The number of hydrogen-bond acceptors (Lipinski definition) is 5. The highest BCUT2D eigenvalue weighted by atomic mass is 16.5. The molecule has 1 aromatic heterocycles. The molecule has 170 valence electrons. The topological polar surface area (TPSA) is 89.2 Å². The summed E-state index contributed by atoms with van der Waals surface area (Å²) in [6, 6.07) is 23.5. The van der Waals surface area contributed by atoms with E-state index in [0.717, 1.165) is 16.9 Å². The van der Waals surface area contributed by atoms with Crippen LogP contribution in [0.3, 0.4) is 0 Å². The molecule has 0 radical (unpaired) electrons. The molecular weight excluding hydrogens is 428 g/mol. The molecule has 0 saturated carbocycles. The van der Waals surface area contributed by atoms with Crippen molar-refractivity contribution in [2.45, 2.75) is 12.6 Å². The minimum Gasteiger partial charge on any atom is -0.497 e. The van der Waals surface area contributed by atoms with Crippen LogP contribution in [0.25, 0.3) is 0 Å². The second-order valence-corrected chi connectivity index (χ2v) is 7.66. The number of aryl methyl sites for hydroxylation is 1. The zero-order valence-corrected chi connectivity index (χ0v) is 18.9. The Morgan fingerprint density at radius 1 is 1.09 bits per heavy atom. The minimum absolute atomic E-state index is 0.233. The number of nitrogens with one attached hydrogen (secondary N) is 1. The van der Waals surface area contributed by atoms with Crippen molar-refractivity contribution in [2.75, 3.05) is 7.11 Å². The zero-order chi connectivity index (χ0) is 23.9. The van der Waals surface area contributed by atoms with Crippen LogP contribution in [-0.4, -0.2) is 22.6 Å². The van der Waals surface area contributed by atoms with Crippen molar-refractivity contribution in [3.8, 4) is 17.6 Å². The minimum atomic E-state index is -0.453. The van der Waals surface area contributed by atoms with E-state index in [4.69, 9.17) is 9.47 Å². The second-order valence-electron chi connectivity index (χ2n) is 7.66. The Kier molecular flexibility index (Phi) is 6.89. The van der Waals surface area contributed by atoms with Gasteiger partial charge in [0.15, 0.2) is 0 Å². The van der Waals surface area contributed by atoms with Gasteiger partial charge in [0.25, 0.3) is 5.91 Å². The molecule has 3 aromatic carbocycles. The van der Waals surface area contributed by atoms with E-state index < -0.39 is 6.04 Å². The maximum Gasteiger partial charge on any atom is 0.252 e. The normalized spacial score (nSPS) is 11.3. The lowest BCUT2D eigenvalue weighted by molar-refractivity contribution is 0.0940. The first kappa shape index (κ1) is 22.6. The molecule has 4 rings (SSSR count). The number of carbonyl (C=O) groups is 1. The van der Waals surface area contributed by atoms with Crippen molar-refractivity contribution in [2.24, 2.45) is 7.05 Å². The first-order valence-corrected chi connectivity index (χ1v) is 10.7. The summed E-state index contributed by atoms with van der Waals surface area (Å²) in [5.41, 5.74) is 2.69. The number of ether oxygens (including phenoxy) is 2. The number of rotatable bonds is 8. The lowest BCUT2D eigenvalue weighted by atomic mass is 10.0. The first-order valence-electron chi connectivity index (χ1n) is 10.7. The Balaban J connectivity index is 1.54. The number of benzene rings is 3. The number of methoxy groups -OCH3 is 1. The third-order valence-corrected chi connectivity index (χ3v) is 5.47. The zero-order valence-electron chi connectivity index (χ0n) is 18.9. The van der Waals surface area contributed by atoms with E-state index >= 15 is 0 Å². The molecule has 1 heterocycles. The Labute approximate surface area is 198 Å². The van der Waals surface area contributed by atoms with Gasteiger partial charge in [-0.25, -0.2) is 4.98 Å². The fourth-order valence-corrected chi connectivity index (χ4v) is 3.61. The Bertz CT molecular complexity index is 1320. The van der Waals surface area contributed by atoms with Crippen LogP contribution in [0.4, 0.5) is 0 Å². The molecule has 34 heavy (non-hydrogen) atoms. The largest absolute Gasteiger partial charge is 0.497 e. The van der Waals surface area contributed by atoms with E-state index in [2.05, 4.69) is 16.4 Å². The molecule has 1 atom stereocenters. The number of hydrogen-bond donors (Lipinski definition) is 1. The summed E-state index contributed by atoms with van der Waals surface area (Å²) in [5.74, 6) is 1.72. The van der Waals surface area contributed by atoms with Crippen LogP contribution in [0.15, 0.2) is 85.2 Å².